The lowest BCUT2D eigenvalue weighted by molar-refractivity contribution is -0.134. The lowest BCUT2D eigenvalue weighted by Gasteiger charge is -2.26. The summed E-state index contributed by atoms with van der Waals surface area (Å²) in [6, 6.07) is 8.40. The standard InChI is InChI=1S/C19H19NO3S2/c21-17(22)11-25-19-15-4-2-1-3-14(15)18(23)20(19)10-12-5-6-16-13(9-12)7-8-24-16/h5-9,19H,1-4,10-11H2,(H,21,22). The molecule has 25 heavy (non-hydrogen) atoms. The SMILES string of the molecule is O=C(O)CSC1C2=C(CCCC2)C(=O)N1Cc1ccc2sccc2c1. The molecule has 0 saturated heterocycles. The third-order valence-corrected chi connectivity index (χ3v) is 7.01. The number of carboxylic acid groups (broad SMARTS) is 1. The molecule has 6 heteroatoms. The zero-order valence-corrected chi connectivity index (χ0v) is 15.4. The van der Waals surface area contributed by atoms with E-state index in [1.54, 1.807) is 11.3 Å². The van der Waals surface area contributed by atoms with Gasteiger partial charge in [0, 0.05) is 16.8 Å². The fourth-order valence-electron chi connectivity index (χ4n) is 3.72. The number of nitrogens with zero attached hydrogens (tertiary/aromatic N) is 1. The Bertz CT molecular complexity index is 870. The van der Waals surface area contributed by atoms with E-state index in [1.165, 1.54) is 27.4 Å². The number of aliphatic carboxylic acids is 1. The van der Waals surface area contributed by atoms with Gasteiger partial charge in [-0.3, -0.25) is 9.59 Å². The van der Waals surface area contributed by atoms with Crippen molar-refractivity contribution in [1.82, 2.24) is 4.90 Å². The number of carbonyl (C=O) groups excluding carboxylic acids is 1. The highest BCUT2D eigenvalue weighted by molar-refractivity contribution is 8.00. The summed E-state index contributed by atoms with van der Waals surface area (Å²) in [4.78, 5) is 25.8. The van der Waals surface area contributed by atoms with Crippen LogP contribution in [-0.4, -0.2) is 33.0 Å². The van der Waals surface area contributed by atoms with Gasteiger partial charge in [-0.2, -0.15) is 0 Å². The maximum absolute atomic E-state index is 12.9. The molecule has 4 nitrogen and oxygen atoms in total. The summed E-state index contributed by atoms with van der Waals surface area (Å²) in [6.45, 7) is 0.537. The third-order valence-electron chi connectivity index (χ3n) is 4.85. The Morgan fingerprint density at radius 1 is 1.28 bits per heavy atom. The molecule has 0 radical (unpaired) electrons. The van der Waals surface area contributed by atoms with Gasteiger partial charge in [0.1, 0.15) is 5.37 Å². The molecule has 0 fully saturated rings. The van der Waals surface area contributed by atoms with Crippen molar-refractivity contribution in [1.29, 1.82) is 0 Å². The Morgan fingerprint density at radius 2 is 2.12 bits per heavy atom. The summed E-state index contributed by atoms with van der Waals surface area (Å²) in [7, 11) is 0. The van der Waals surface area contributed by atoms with Crippen LogP contribution in [0.5, 0.6) is 0 Å². The molecule has 1 N–H and O–H groups in total. The van der Waals surface area contributed by atoms with Gasteiger partial charge in [0.05, 0.1) is 5.75 Å². The largest absolute Gasteiger partial charge is 0.481 e. The molecule has 4 rings (SSSR count). The zero-order valence-electron chi connectivity index (χ0n) is 13.7. The first kappa shape index (κ1) is 16.7. The molecule has 1 aliphatic carbocycles. The van der Waals surface area contributed by atoms with E-state index < -0.39 is 5.97 Å². The summed E-state index contributed by atoms with van der Waals surface area (Å²) in [6.07, 6.45) is 3.89. The van der Waals surface area contributed by atoms with Crippen LogP contribution in [0.15, 0.2) is 40.8 Å². The van der Waals surface area contributed by atoms with Crippen molar-refractivity contribution in [3.05, 3.63) is 46.4 Å². The Balaban J connectivity index is 1.61. The maximum atomic E-state index is 12.9. The monoisotopic (exact) mass is 373 g/mol. The number of amides is 1. The van der Waals surface area contributed by atoms with Crippen LogP contribution in [0.25, 0.3) is 10.1 Å². The number of carbonyl (C=O) groups is 2. The molecule has 1 amide bonds. The Morgan fingerprint density at radius 3 is 2.96 bits per heavy atom. The maximum Gasteiger partial charge on any atom is 0.313 e. The van der Waals surface area contributed by atoms with Crippen molar-refractivity contribution in [2.45, 2.75) is 37.6 Å². The minimum atomic E-state index is -0.832. The molecule has 1 aromatic heterocycles. The molecule has 1 aromatic carbocycles. The first-order valence-corrected chi connectivity index (χ1v) is 10.4. The van der Waals surface area contributed by atoms with E-state index in [2.05, 4.69) is 29.6 Å². The third kappa shape index (κ3) is 3.20. The summed E-state index contributed by atoms with van der Waals surface area (Å²) >= 11 is 3.07. The smallest absolute Gasteiger partial charge is 0.313 e. The van der Waals surface area contributed by atoms with Gasteiger partial charge < -0.3 is 10.0 Å². The number of benzene rings is 1. The minimum absolute atomic E-state index is 0.0226. The van der Waals surface area contributed by atoms with Crippen LogP contribution < -0.4 is 0 Å². The van der Waals surface area contributed by atoms with Crippen molar-refractivity contribution < 1.29 is 14.7 Å². The van der Waals surface area contributed by atoms with Crippen molar-refractivity contribution in [2.24, 2.45) is 0 Å². The first-order chi connectivity index (χ1) is 12.1. The molecule has 2 heterocycles. The van der Waals surface area contributed by atoms with Gasteiger partial charge >= 0.3 is 5.97 Å². The molecule has 1 aliphatic heterocycles. The topological polar surface area (TPSA) is 57.6 Å². The highest BCUT2D eigenvalue weighted by Crippen LogP contribution is 2.41. The van der Waals surface area contributed by atoms with Gasteiger partial charge in [0.25, 0.3) is 5.91 Å². The molecule has 130 valence electrons. The molecule has 2 aromatic rings. The number of carboxylic acids is 1. The highest BCUT2D eigenvalue weighted by atomic mass is 32.2. The number of rotatable bonds is 5. The van der Waals surface area contributed by atoms with Gasteiger partial charge in [0.2, 0.25) is 0 Å². The van der Waals surface area contributed by atoms with Gasteiger partial charge in [-0.1, -0.05) is 6.07 Å². The van der Waals surface area contributed by atoms with E-state index in [0.29, 0.717) is 6.54 Å². The molecule has 1 unspecified atom stereocenters. The summed E-state index contributed by atoms with van der Waals surface area (Å²) in [5, 5.41) is 12.2. The van der Waals surface area contributed by atoms with E-state index in [9.17, 15) is 9.59 Å². The molecule has 0 saturated carbocycles. The number of hydrogen-bond acceptors (Lipinski definition) is 4. The fraction of sp³-hybridized carbons (Fsp3) is 0.368. The second-order valence-corrected chi connectivity index (χ2v) is 8.51. The summed E-state index contributed by atoms with van der Waals surface area (Å²) in [5.41, 5.74) is 3.20. The van der Waals surface area contributed by atoms with E-state index in [0.717, 1.165) is 36.8 Å². The Hall–Kier alpha value is -1.79. The summed E-state index contributed by atoms with van der Waals surface area (Å²) < 4.78 is 1.24. The average molecular weight is 373 g/mol. The van der Waals surface area contributed by atoms with Gasteiger partial charge in [-0.15, -0.1) is 23.1 Å². The zero-order chi connectivity index (χ0) is 17.4. The van der Waals surface area contributed by atoms with Gasteiger partial charge in [0.15, 0.2) is 0 Å². The minimum Gasteiger partial charge on any atom is -0.481 e. The van der Waals surface area contributed by atoms with Crippen LogP contribution in [0, 0.1) is 0 Å². The van der Waals surface area contributed by atoms with Crippen molar-refractivity contribution in [2.75, 3.05) is 5.75 Å². The fourth-order valence-corrected chi connectivity index (χ4v) is 5.60. The Kier molecular flexibility index (Phi) is 4.56. The van der Waals surface area contributed by atoms with Crippen LogP contribution >= 0.6 is 23.1 Å². The number of thioether (sulfide) groups is 1. The van der Waals surface area contributed by atoms with Crippen LogP contribution in [0.3, 0.4) is 0 Å². The number of thiophene rings is 1. The van der Waals surface area contributed by atoms with Crippen molar-refractivity contribution in [3.8, 4) is 0 Å². The van der Waals surface area contributed by atoms with Gasteiger partial charge in [-0.05, 0) is 65.8 Å². The lowest BCUT2D eigenvalue weighted by atomic mass is 9.94. The normalized spacial score (nSPS) is 20.4. The van der Waals surface area contributed by atoms with Crippen molar-refractivity contribution >= 4 is 45.1 Å². The second kappa shape index (κ2) is 6.84. The van der Waals surface area contributed by atoms with E-state index in [-0.39, 0.29) is 17.0 Å². The van der Waals surface area contributed by atoms with Gasteiger partial charge in [-0.25, -0.2) is 0 Å². The molecule has 2 aliphatic rings. The quantitative estimate of drug-likeness (QED) is 0.851. The number of fused-ring (bicyclic) bond motifs is 1. The Labute approximate surface area is 154 Å². The van der Waals surface area contributed by atoms with E-state index in [1.807, 2.05) is 4.90 Å². The average Bonchev–Trinajstić information content (AvgIpc) is 3.17. The lowest BCUT2D eigenvalue weighted by Crippen LogP contribution is -2.33. The molecular weight excluding hydrogens is 354 g/mol. The van der Waals surface area contributed by atoms with Crippen LogP contribution in [0.2, 0.25) is 0 Å². The molecule has 1 atom stereocenters. The molecule has 0 spiro atoms. The highest BCUT2D eigenvalue weighted by Gasteiger charge is 2.40. The predicted octanol–water partition coefficient (Wildman–Crippen LogP) is 4.26. The first-order valence-electron chi connectivity index (χ1n) is 8.46. The van der Waals surface area contributed by atoms with Crippen LogP contribution in [0.4, 0.5) is 0 Å². The predicted molar refractivity (Wildman–Crippen MR) is 102 cm³/mol. The van der Waals surface area contributed by atoms with E-state index >= 15 is 0 Å². The van der Waals surface area contributed by atoms with E-state index in [4.69, 9.17) is 5.11 Å². The second-order valence-electron chi connectivity index (χ2n) is 6.49. The van der Waals surface area contributed by atoms with Crippen molar-refractivity contribution in [3.63, 3.8) is 0 Å². The molecule has 0 bridgehead atoms. The molecular formula is C19H19NO3S2. The summed E-state index contributed by atoms with van der Waals surface area (Å²) in [5.74, 6) is -0.709. The van der Waals surface area contributed by atoms with Crippen LogP contribution in [0.1, 0.15) is 31.2 Å². The number of hydrogen-bond donors (Lipinski definition) is 1. The van der Waals surface area contributed by atoms with Crippen LogP contribution in [-0.2, 0) is 16.1 Å².